The fourth-order valence-corrected chi connectivity index (χ4v) is 6.16. The summed E-state index contributed by atoms with van der Waals surface area (Å²) in [5.74, 6) is -0.969. The Morgan fingerprint density at radius 1 is 1.12 bits per heavy atom. The number of pyridine rings is 1. The third-order valence-corrected chi connectivity index (χ3v) is 8.44. The van der Waals surface area contributed by atoms with Crippen LogP contribution in [0, 0.1) is 11.6 Å². The minimum Gasteiger partial charge on any atom is -0.496 e. The molecule has 0 radical (unpaired) electrons. The van der Waals surface area contributed by atoms with Crippen molar-refractivity contribution in [3.63, 3.8) is 0 Å². The molecule has 0 bridgehead atoms. The van der Waals surface area contributed by atoms with Crippen molar-refractivity contribution < 1.29 is 33.0 Å². The maximum Gasteiger partial charge on any atom is 0.411 e. The molecule has 6 rings (SSSR count). The number of aryl methyl sites for hydroxylation is 1. The first-order valence-corrected chi connectivity index (χ1v) is 13.8. The molecule has 1 aliphatic carbocycles. The van der Waals surface area contributed by atoms with Crippen molar-refractivity contribution in [3.05, 3.63) is 76.5 Å². The zero-order chi connectivity index (χ0) is 28.8. The lowest BCUT2D eigenvalue weighted by Crippen LogP contribution is -2.38. The summed E-state index contributed by atoms with van der Waals surface area (Å²) in [7, 11) is 1.60. The lowest BCUT2D eigenvalue weighted by molar-refractivity contribution is -0.137. The number of anilines is 1. The number of hydrogen-bond donors (Lipinski definition) is 1. The maximum atomic E-state index is 14.0. The predicted octanol–water partition coefficient (Wildman–Crippen LogP) is 5.83. The van der Waals surface area contributed by atoms with Gasteiger partial charge in [-0.2, -0.15) is 0 Å². The molecule has 3 heterocycles. The minimum absolute atomic E-state index is 0.0525. The Kier molecular flexibility index (Phi) is 7.01. The smallest absolute Gasteiger partial charge is 0.411 e. The molecule has 0 saturated carbocycles. The summed E-state index contributed by atoms with van der Waals surface area (Å²) >= 11 is 0. The van der Waals surface area contributed by atoms with Crippen LogP contribution < -0.4 is 9.64 Å². The first-order valence-electron chi connectivity index (χ1n) is 13.8. The van der Waals surface area contributed by atoms with E-state index in [2.05, 4.69) is 4.90 Å². The molecule has 41 heavy (non-hydrogen) atoms. The molecule has 2 aliphatic heterocycles. The highest BCUT2D eigenvalue weighted by Gasteiger charge is 2.41. The van der Waals surface area contributed by atoms with E-state index >= 15 is 0 Å². The van der Waals surface area contributed by atoms with Gasteiger partial charge in [0.15, 0.2) is 0 Å². The third-order valence-electron chi connectivity index (χ3n) is 8.44. The van der Waals surface area contributed by atoms with Crippen LogP contribution in [-0.4, -0.2) is 53.3 Å². The molecule has 1 amide bonds. The highest BCUT2D eigenvalue weighted by atomic mass is 19.1. The molecule has 10 heteroatoms. The molecule has 3 aromatic rings. The van der Waals surface area contributed by atoms with Gasteiger partial charge in [-0.15, -0.1) is 0 Å². The van der Waals surface area contributed by atoms with Crippen molar-refractivity contribution in [1.82, 2.24) is 9.88 Å². The van der Waals surface area contributed by atoms with E-state index in [9.17, 15) is 23.5 Å². The Morgan fingerprint density at radius 2 is 1.88 bits per heavy atom. The number of carbonyl (C=O) groups is 2. The summed E-state index contributed by atoms with van der Waals surface area (Å²) in [6.45, 7) is 3.66. The van der Waals surface area contributed by atoms with E-state index < -0.39 is 35.8 Å². The fraction of sp³-hybridized carbons (Fsp3) is 0.387. The molecule has 0 spiro atoms. The molecule has 3 atom stereocenters. The van der Waals surface area contributed by atoms with E-state index in [0.717, 1.165) is 66.5 Å². The van der Waals surface area contributed by atoms with Crippen molar-refractivity contribution in [2.24, 2.45) is 0 Å². The van der Waals surface area contributed by atoms with Gasteiger partial charge in [0.25, 0.3) is 0 Å². The number of rotatable bonds is 8. The first-order chi connectivity index (χ1) is 19.7. The number of aromatic nitrogens is 1. The van der Waals surface area contributed by atoms with Gasteiger partial charge in [0.1, 0.15) is 29.3 Å². The molecule has 2 saturated heterocycles. The normalized spacial score (nSPS) is 21.5. The van der Waals surface area contributed by atoms with Gasteiger partial charge in [-0.05, 0) is 79.6 Å². The Morgan fingerprint density at radius 3 is 2.54 bits per heavy atom. The van der Waals surface area contributed by atoms with E-state index in [1.165, 1.54) is 17.0 Å². The quantitative estimate of drug-likeness (QED) is 0.369. The molecule has 1 aromatic heterocycles. The van der Waals surface area contributed by atoms with Crippen molar-refractivity contribution in [1.29, 1.82) is 0 Å². The molecular weight excluding hydrogens is 532 g/mol. The topological polar surface area (TPSA) is 92.2 Å². The fourth-order valence-electron chi connectivity index (χ4n) is 6.16. The standard InChI is InChI=1S/C31H31F2N3O5/c1-17-30(20-10-21(32)14-22(33)11-20)41-31(39)36(17)16-26-23(6-7-28(34-26)35-8-3-9-35)25-15-24-18(12-27(25)40-2)4-5-19(24)13-29(37)38/h6-7,10-12,14-15,17,19,30H,3-5,8-9,13,16H2,1-2H3,(H,37,38)/t17-,19-,30?/m0/s1. The van der Waals surface area contributed by atoms with Gasteiger partial charge in [0.05, 0.1) is 31.8 Å². The van der Waals surface area contributed by atoms with Crippen molar-refractivity contribution >= 4 is 17.9 Å². The predicted molar refractivity (Wildman–Crippen MR) is 147 cm³/mol. The summed E-state index contributed by atoms with van der Waals surface area (Å²) in [6.07, 6.45) is 1.22. The van der Waals surface area contributed by atoms with E-state index in [1.54, 1.807) is 14.0 Å². The van der Waals surface area contributed by atoms with E-state index in [0.29, 0.717) is 11.4 Å². The van der Waals surface area contributed by atoms with Crippen LogP contribution in [0.2, 0.25) is 0 Å². The summed E-state index contributed by atoms with van der Waals surface area (Å²) in [4.78, 5) is 33.3. The maximum absolute atomic E-state index is 14.0. The average molecular weight is 564 g/mol. The number of carboxylic acids is 1. The number of nitrogens with zero attached hydrogens (tertiary/aromatic N) is 3. The Balaban J connectivity index is 1.39. The Labute approximate surface area is 236 Å². The largest absolute Gasteiger partial charge is 0.496 e. The average Bonchev–Trinajstić information content (AvgIpc) is 3.41. The van der Waals surface area contributed by atoms with Crippen molar-refractivity contribution in [2.75, 3.05) is 25.1 Å². The van der Waals surface area contributed by atoms with Gasteiger partial charge in [0.2, 0.25) is 0 Å². The van der Waals surface area contributed by atoms with Crippen LogP contribution in [0.15, 0.2) is 42.5 Å². The summed E-state index contributed by atoms with van der Waals surface area (Å²) < 4.78 is 39.3. The molecular formula is C31H31F2N3O5. The van der Waals surface area contributed by atoms with Crippen molar-refractivity contribution in [3.8, 4) is 16.9 Å². The van der Waals surface area contributed by atoms with Crippen LogP contribution in [0.1, 0.15) is 60.6 Å². The number of carbonyl (C=O) groups excluding carboxylic acids is 1. The lowest BCUT2D eigenvalue weighted by Gasteiger charge is -2.33. The van der Waals surface area contributed by atoms with Gasteiger partial charge in [-0.25, -0.2) is 18.6 Å². The zero-order valence-corrected chi connectivity index (χ0v) is 22.9. The minimum atomic E-state index is -0.846. The molecule has 1 N–H and O–H groups in total. The number of ether oxygens (including phenoxy) is 2. The van der Waals surface area contributed by atoms with Crippen LogP contribution >= 0.6 is 0 Å². The van der Waals surface area contributed by atoms with E-state index in [1.807, 2.05) is 24.3 Å². The Bertz CT molecular complexity index is 1510. The number of halogens is 2. The van der Waals surface area contributed by atoms with Gasteiger partial charge < -0.3 is 19.5 Å². The molecule has 3 aliphatic rings. The third kappa shape index (κ3) is 5.07. The first kappa shape index (κ1) is 27.0. The van der Waals surface area contributed by atoms with Gasteiger partial charge >= 0.3 is 12.1 Å². The van der Waals surface area contributed by atoms with Crippen LogP contribution in [0.4, 0.5) is 19.4 Å². The highest BCUT2D eigenvalue weighted by Crippen LogP contribution is 2.44. The lowest BCUT2D eigenvalue weighted by atomic mass is 9.92. The second-order valence-corrected chi connectivity index (χ2v) is 11.0. The van der Waals surface area contributed by atoms with Gasteiger partial charge in [-0.1, -0.05) is 0 Å². The number of aliphatic carboxylic acids is 1. The number of hydrogen-bond acceptors (Lipinski definition) is 6. The van der Waals surface area contributed by atoms with Crippen LogP contribution in [0.5, 0.6) is 5.75 Å². The second kappa shape index (κ2) is 10.6. The molecule has 2 aromatic carbocycles. The summed E-state index contributed by atoms with van der Waals surface area (Å²) in [5, 5.41) is 9.45. The number of carboxylic acid groups (broad SMARTS) is 1. The van der Waals surface area contributed by atoms with Crippen LogP contribution in [0.25, 0.3) is 11.1 Å². The monoisotopic (exact) mass is 563 g/mol. The molecule has 1 unspecified atom stereocenters. The SMILES string of the molecule is COc1cc2c(cc1-c1ccc(N3CCC3)nc1CN1C(=O)OC(c3cc(F)cc(F)c3)[C@@H]1C)[C@H](CC(=O)O)CC2. The molecule has 8 nitrogen and oxygen atoms in total. The van der Waals surface area contributed by atoms with Gasteiger partial charge in [0, 0.05) is 35.8 Å². The molecule has 2 fully saturated rings. The number of fused-ring (bicyclic) bond motifs is 1. The number of cyclic esters (lactones) is 1. The van der Waals surface area contributed by atoms with E-state index in [-0.39, 0.29) is 24.4 Å². The number of benzene rings is 2. The highest BCUT2D eigenvalue weighted by molar-refractivity contribution is 5.77. The second-order valence-electron chi connectivity index (χ2n) is 11.0. The van der Waals surface area contributed by atoms with Crippen LogP contribution in [0.3, 0.4) is 0 Å². The Hall–Kier alpha value is -4.21. The zero-order valence-electron chi connectivity index (χ0n) is 22.9. The molecule has 214 valence electrons. The number of amides is 1. The van der Waals surface area contributed by atoms with E-state index in [4.69, 9.17) is 14.5 Å². The van der Waals surface area contributed by atoms with Gasteiger partial charge in [-0.3, -0.25) is 9.69 Å². The number of methoxy groups -OCH3 is 1. The summed E-state index contributed by atoms with van der Waals surface area (Å²) in [5.41, 5.74) is 4.46. The van der Waals surface area contributed by atoms with Crippen LogP contribution in [-0.2, 0) is 22.5 Å². The summed E-state index contributed by atoms with van der Waals surface area (Å²) in [6, 6.07) is 10.5. The van der Waals surface area contributed by atoms with Crippen molar-refractivity contribution in [2.45, 2.75) is 57.2 Å².